The zero-order valence-electron chi connectivity index (χ0n) is 13.8. The number of nitrogens with zero attached hydrogens (tertiary/aromatic N) is 2. The van der Waals surface area contributed by atoms with Gasteiger partial charge in [-0.15, -0.1) is 0 Å². The molecule has 1 unspecified atom stereocenters. The number of carbonyl (C=O) groups is 3. The summed E-state index contributed by atoms with van der Waals surface area (Å²) in [4.78, 5) is 39.2. The van der Waals surface area contributed by atoms with Crippen molar-refractivity contribution in [3.63, 3.8) is 0 Å². The molecule has 0 radical (unpaired) electrons. The van der Waals surface area contributed by atoms with E-state index >= 15 is 0 Å². The smallest absolute Gasteiger partial charge is 0.325 e. The predicted molar refractivity (Wildman–Crippen MR) is 86.7 cm³/mol. The van der Waals surface area contributed by atoms with Gasteiger partial charge in [-0.25, -0.2) is 4.79 Å². The van der Waals surface area contributed by atoms with E-state index < -0.39 is 6.03 Å². The van der Waals surface area contributed by atoms with Crippen LogP contribution < -0.4 is 5.32 Å². The van der Waals surface area contributed by atoms with E-state index in [1.165, 1.54) is 0 Å². The van der Waals surface area contributed by atoms with Crippen molar-refractivity contribution in [2.75, 3.05) is 19.6 Å². The van der Waals surface area contributed by atoms with Crippen LogP contribution in [0.15, 0.2) is 24.3 Å². The lowest BCUT2D eigenvalue weighted by atomic mass is 10.0. The maximum Gasteiger partial charge on any atom is 0.325 e. The standard InChI is InChI=1S/C17H23N3O3/c1-4-19(5-2)16(22)11-20-15(21)10-14(18-17(20)23)13-8-6-12(3)7-9-13/h6-9,14H,4-5,10-11H2,1-3H3,(H,18,23). The molecule has 124 valence electrons. The van der Waals surface area contributed by atoms with E-state index in [0.29, 0.717) is 13.1 Å². The molecular formula is C17H23N3O3. The molecule has 1 aromatic rings. The molecule has 23 heavy (non-hydrogen) atoms. The average Bonchev–Trinajstić information content (AvgIpc) is 2.52. The molecule has 1 atom stereocenters. The maximum absolute atomic E-state index is 12.3. The van der Waals surface area contributed by atoms with Gasteiger partial charge >= 0.3 is 6.03 Å². The van der Waals surface area contributed by atoms with Gasteiger partial charge < -0.3 is 10.2 Å². The highest BCUT2D eigenvalue weighted by Gasteiger charge is 2.34. The third-order valence-corrected chi connectivity index (χ3v) is 4.11. The highest BCUT2D eigenvalue weighted by atomic mass is 16.2. The Balaban J connectivity index is 2.05. The zero-order valence-corrected chi connectivity index (χ0v) is 13.8. The number of benzene rings is 1. The first-order chi connectivity index (χ1) is 11.0. The molecule has 1 aliphatic rings. The van der Waals surface area contributed by atoms with Crippen molar-refractivity contribution in [2.24, 2.45) is 0 Å². The Bertz CT molecular complexity index is 576. The van der Waals surface area contributed by atoms with Crippen LogP contribution in [-0.2, 0) is 9.59 Å². The third-order valence-electron chi connectivity index (χ3n) is 4.11. The Labute approximate surface area is 136 Å². The Morgan fingerprint density at radius 1 is 1.22 bits per heavy atom. The molecule has 1 aromatic carbocycles. The molecule has 6 nitrogen and oxygen atoms in total. The second kappa shape index (κ2) is 7.26. The van der Waals surface area contributed by atoms with Crippen molar-refractivity contribution in [1.82, 2.24) is 15.1 Å². The molecule has 1 fully saturated rings. The quantitative estimate of drug-likeness (QED) is 0.901. The van der Waals surface area contributed by atoms with Gasteiger partial charge in [-0.3, -0.25) is 14.5 Å². The molecule has 1 saturated heterocycles. The van der Waals surface area contributed by atoms with Crippen LogP contribution in [0.25, 0.3) is 0 Å². The van der Waals surface area contributed by atoms with E-state index in [9.17, 15) is 14.4 Å². The molecule has 2 rings (SSSR count). The Morgan fingerprint density at radius 3 is 2.35 bits per heavy atom. The van der Waals surface area contributed by atoms with E-state index in [4.69, 9.17) is 0 Å². The first-order valence-corrected chi connectivity index (χ1v) is 7.91. The molecule has 0 bridgehead atoms. The van der Waals surface area contributed by atoms with E-state index in [2.05, 4.69) is 5.32 Å². The monoisotopic (exact) mass is 317 g/mol. The molecule has 1 heterocycles. The first-order valence-electron chi connectivity index (χ1n) is 7.91. The summed E-state index contributed by atoms with van der Waals surface area (Å²) in [5.74, 6) is -0.535. The van der Waals surface area contributed by atoms with Gasteiger partial charge in [0.25, 0.3) is 0 Å². The van der Waals surface area contributed by atoms with Crippen LogP contribution in [-0.4, -0.2) is 47.3 Å². The number of hydrogen-bond donors (Lipinski definition) is 1. The fourth-order valence-corrected chi connectivity index (χ4v) is 2.65. The van der Waals surface area contributed by atoms with Crippen molar-refractivity contribution in [2.45, 2.75) is 33.2 Å². The zero-order chi connectivity index (χ0) is 17.0. The van der Waals surface area contributed by atoms with Crippen LogP contribution in [0.1, 0.15) is 37.4 Å². The number of nitrogens with one attached hydrogen (secondary N) is 1. The Kier molecular flexibility index (Phi) is 5.36. The van der Waals surface area contributed by atoms with Gasteiger partial charge in [0, 0.05) is 13.1 Å². The van der Waals surface area contributed by atoms with Crippen LogP contribution in [0.5, 0.6) is 0 Å². The largest absolute Gasteiger partial charge is 0.342 e. The molecule has 1 aliphatic heterocycles. The lowest BCUT2D eigenvalue weighted by Crippen LogP contribution is -2.54. The van der Waals surface area contributed by atoms with Crippen LogP contribution in [0, 0.1) is 6.92 Å². The van der Waals surface area contributed by atoms with E-state index in [1.807, 2.05) is 45.0 Å². The maximum atomic E-state index is 12.3. The van der Waals surface area contributed by atoms with Crippen LogP contribution >= 0.6 is 0 Å². The molecule has 0 aromatic heterocycles. The summed E-state index contributed by atoms with van der Waals surface area (Å²) in [5, 5.41) is 2.81. The molecule has 0 aliphatic carbocycles. The summed E-state index contributed by atoms with van der Waals surface area (Å²) in [5.41, 5.74) is 2.01. The number of hydrogen-bond acceptors (Lipinski definition) is 3. The lowest BCUT2D eigenvalue weighted by Gasteiger charge is -2.32. The van der Waals surface area contributed by atoms with E-state index in [-0.39, 0.29) is 30.8 Å². The van der Waals surface area contributed by atoms with Gasteiger partial charge in [-0.1, -0.05) is 29.8 Å². The Hall–Kier alpha value is -2.37. The molecule has 4 amide bonds. The van der Waals surface area contributed by atoms with Crippen LogP contribution in [0.4, 0.5) is 4.79 Å². The number of amides is 4. The lowest BCUT2D eigenvalue weighted by molar-refractivity contribution is -0.139. The van der Waals surface area contributed by atoms with E-state index in [0.717, 1.165) is 16.0 Å². The highest BCUT2D eigenvalue weighted by Crippen LogP contribution is 2.22. The van der Waals surface area contributed by atoms with Gasteiger partial charge in [-0.2, -0.15) is 0 Å². The molecular weight excluding hydrogens is 294 g/mol. The highest BCUT2D eigenvalue weighted by molar-refractivity contribution is 6.00. The molecule has 0 saturated carbocycles. The summed E-state index contributed by atoms with van der Waals surface area (Å²) in [6.45, 7) is 6.64. The summed E-state index contributed by atoms with van der Waals surface area (Å²) in [7, 11) is 0. The van der Waals surface area contributed by atoms with Crippen molar-refractivity contribution in [3.8, 4) is 0 Å². The number of likely N-dealkylation sites (N-methyl/N-ethyl adjacent to an activating group) is 1. The van der Waals surface area contributed by atoms with Crippen molar-refractivity contribution in [3.05, 3.63) is 35.4 Å². The number of rotatable bonds is 5. The predicted octanol–water partition coefficient (Wildman–Crippen LogP) is 1.85. The van der Waals surface area contributed by atoms with Crippen LogP contribution in [0.2, 0.25) is 0 Å². The molecule has 0 spiro atoms. The normalized spacial score (nSPS) is 17.9. The minimum Gasteiger partial charge on any atom is -0.342 e. The fourth-order valence-electron chi connectivity index (χ4n) is 2.65. The number of imide groups is 1. The van der Waals surface area contributed by atoms with Crippen molar-refractivity contribution >= 4 is 17.8 Å². The Morgan fingerprint density at radius 2 is 1.83 bits per heavy atom. The summed E-state index contributed by atoms with van der Waals surface area (Å²) < 4.78 is 0. The van der Waals surface area contributed by atoms with Gasteiger partial charge in [0.1, 0.15) is 6.54 Å². The first kappa shape index (κ1) is 17.0. The second-order valence-electron chi connectivity index (χ2n) is 5.66. The summed E-state index contributed by atoms with van der Waals surface area (Å²) in [6.07, 6.45) is 0.167. The van der Waals surface area contributed by atoms with Crippen molar-refractivity contribution < 1.29 is 14.4 Å². The summed E-state index contributed by atoms with van der Waals surface area (Å²) >= 11 is 0. The minimum absolute atomic E-state index is 0.167. The number of aryl methyl sites for hydroxylation is 1. The fraction of sp³-hybridized carbons (Fsp3) is 0.471. The van der Waals surface area contributed by atoms with Gasteiger partial charge in [0.05, 0.1) is 12.5 Å². The van der Waals surface area contributed by atoms with Gasteiger partial charge in [0.2, 0.25) is 11.8 Å². The molecule has 6 heteroatoms. The number of urea groups is 1. The van der Waals surface area contributed by atoms with Gasteiger partial charge in [0.15, 0.2) is 0 Å². The molecule has 1 N–H and O–H groups in total. The average molecular weight is 317 g/mol. The summed E-state index contributed by atoms with van der Waals surface area (Å²) in [6, 6.07) is 6.86. The van der Waals surface area contributed by atoms with Gasteiger partial charge in [-0.05, 0) is 26.3 Å². The topological polar surface area (TPSA) is 69.7 Å². The van der Waals surface area contributed by atoms with E-state index in [1.54, 1.807) is 4.90 Å². The number of carbonyl (C=O) groups excluding carboxylic acids is 3. The van der Waals surface area contributed by atoms with Crippen LogP contribution in [0.3, 0.4) is 0 Å². The van der Waals surface area contributed by atoms with Crippen molar-refractivity contribution in [1.29, 1.82) is 0 Å². The second-order valence-corrected chi connectivity index (χ2v) is 5.66. The SMILES string of the molecule is CCN(CC)C(=O)CN1C(=O)CC(c2ccc(C)cc2)NC1=O. The third kappa shape index (κ3) is 3.88. The minimum atomic E-state index is -0.507.